The first-order chi connectivity index (χ1) is 13.3. The van der Waals surface area contributed by atoms with E-state index in [0.29, 0.717) is 11.8 Å². The maximum atomic E-state index is 4.53. The summed E-state index contributed by atoms with van der Waals surface area (Å²) in [5, 5.41) is 11.7. The molecule has 2 atom stereocenters. The lowest BCUT2D eigenvalue weighted by atomic mass is 9.79. The van der Waals surface area contributed by atoms with Gasteiger partial charge in [-0.3, -0.25) is 4.99 Å². The van der Waals surface area contributed by atoms with Gasteiger partial charge < -0.3 is 14.8 Å². The predicted octanol–water partition coefficient (Wildman–Crippen LogP) is 3.55. The number of nitrogens with one attached hydrogen (secondary N) is 1. The van der Waals surface area contributed by atoms with Crippen LogP contribution in [-0.4, -0.2) is 52.3 Å². The van der Waals surface area contributed by atoms with E-state index < -0.39 is 0 Å². The zero-order valence-electron chi connectivity index (χ0n) is 17.2. The number of rotatable bonds is 6. The summed E-state index contributed by atoms with van der Waals surface area (Å²) in [6.45, 7) is 8.19. The third kappa shape index (κ3) is 5.46. The highest BCUT2D eigenvalue weighted by atomic mass is 127. The maximum absolute atomic E-state index is 4.53. The molecule has 0 radical (unpaired) electrons. The number of hydrogen-bond donors (Lipinski definition) is 1. The van der Waals surface area contributed by atoms with Gasteiger partial charge in [-0.1, -0.05) is 50.6 Å². The average Bonchev–Trinajstić information content (AvgIpc) is 3.19. The number of aromatic nitrogens is 3. The molecule has 3 rings (SSSR count). The van der Waals surface area contributed by atoms with Crippen molar-refractivity contribution in [3.05, 3.63) is 48.0 Å². The number of aryl methyl sites for hydroxylation is 1. The van der Waals surface area contributed by atoms with E-state index in [1.165, 1.54) is 18.4 Å². The van der Waals surface area contributed by atoms with Crippen molar-refractivity contribution in [3.8, 4) is 0 Å². The lowest BCUT2D eigenvalue weighted by Gasteiger charge is -2.40. The van der Waals surface area contributed by atoms with E-state index >= 15 is 0 Å². The monoisotopic (exact) mass is 496 g/mol. The molecule has 2 unspecified atom stereocenters. The fourth-order valence-corrected chi connectivity index (χ4v) is 4.14. The van der Waals surface area contributed by atoms with Crippen molar-refractivity contribution in [2.75, 3.05) is 26.7 Å². The minimum Gasteiger partial charge on any atom is -0.354 e. The molecule has 1 saturated heterocycles. The summed E-state index contributed by atoms with van der Waals surface area (Å²) in [6.07, 6.45) is 5.07. The SMILES string of the molecule is CCc1nncn1CCNC(=NC)N1CCC(c2ccccc2)C(CC)C1.I. The standard InChI is InChI=1S/C21H32N6.HI/c1-4-17-15-26(13-11-19(17)18-9-7-6-8-10-18)21(22-3)23-12-14-27-16-24-25-20(27)5-2;/h6-10,16-17,19H,4-5,11-15H2,1-3H3,(H,22,23);1H. The van der Waals surface area contributed by atoms with Gasteiger partial charge >= 0.3 is 0 Å². The number of aliphatic imine (C=N–C) groups is 1. The fraction of sp³-hybridized carbons (Fsp3) is 0.571. The van der Waals surface area contributed by atoms with Gasteiger partial charge in [0.1, 0.15) is 12.2 Å². The predicted molar refractivity (Wildman–Crippen MR) is 125 cm³/mol. The topological polar surface area (TPSA) is 58.3 Å². The number of guanidine groups is 1. The maximum Gasteiger partial charge on any atom is 0.193 e. The number of piperidine rings is 1. The molecular formula is C21H33IN6. The van der Waals surface area contributed by atoms with Crippen LogP contribution in [0.5, 0.6) is 0 Å². The van der Waals surface area contributed by atoms with Crippen LogP contribution in [0.4, 0.5) is 0 Å². The minimum absolute atomic E-state index is 0. The third-order valence-electron chi connectivity index (χ3n) is 5.65. The zero-order valence-corrected chi connectivity index (χ0v) is 19.5. The van der Waals surface area contributed by atoms with Crippen LogP contribution in [0.1, 0.15) is 44.0 Å². The molecule has 154 valence electrons. The average molecular weight is 496 g/mol. The first-order valence-corrected chi connectivity index (χ1v) is 10.1. The second-order valence-electron chi connectivity index (χ2n) is 7.19. The van der Waals surface area contributed by atoms with Crippen molar-refractivity contribution in [3.63, 3.8) is 0 Å². The Morgan fingerprint density at radius 2 is 2.04 bits per heavy atom. The van der Waals surface area contributed by atoms with Crippen molar-refractivity contribution in [1.29, 1.82) is 0 Å². The lowest BCUT2D eigenvalue weighted by Crippen LogP contribution is -2.49. The number of nitrogens with zero attached hydrogens (tertiary/aromatic N) is 5. The van der Waals surface area contributed by atoms with Crippen molar-refractivity contribution < 1.29 is 0 Å². The van der Waals surface area contributed by atoms with Gasteiger partial charge in [0, 0.05) is 39.6 Å². The van der Waals surface area contributed by atoms with Crippen molar-refractivity contribution >= 4 is 29.9 Å². The Morgan fingerprint density at radius 1 is 1.25 bits per heavy atom. The Kier molecular flexibility index (Phi) is 9.21. The van der Waals surface area contributed by atoms with Gasteiger partial charge in [0.05, 0.1) is 0 Å². The Morgan fingerprint density at radius 3 is 2.71 bits per heavy atom. The number of benzene rings is 1. The smallest absolute Gasteiger partial charge is 0.193 e. The van der Waals surface area contributed by atoms with Gasteiger partial charge in [-0.2, -0.15) is 0 Å². The normalized spacial score (nSPS) is 20.0. The van der Waals surface area contributed by atoms with Gasteiger partial charge in [0.25, 0.3) is 0 Å². The Labute approximate surface area is 185 Å². The van der Waals surface area contributed by atoms with Crippen LogP contribution in [-0.2, 0) is 13.0 Å². The molecule has 2 heterocycles. The minimum atomic E-state index is 0. The molecule has 7 heteroatoms. The van der Waals surface area contributed by atoms with Gasteiger partial charge in [0.2, 0.25) is 0 Å². The molecule has 1 aromatic carbocycles. The summed E-state index contributed by atoms with van der Waals surface area (Å²) in [5.74, 6) is 3.34. The van der Waals surface area contributed by atoms with E-state index in [-0.39, 0.29) is 24.0 Å². The molecule has 1 N–H and O–H groups in total. The second kappa shape index (κ2) is 11.4. The van der Waals surface area contributed by atoms with Crippen LogP contribution in [0.15, 0.2) is 41.7 Å². The molecule has 1 aliphatic rings. The van der Waals surface area contributed by atoms with Crippen LogP contribution < -0.4 is 5.32 Å². The first kappa shape index (κ1) is 22.6. The highest BCUT2D eigenvalue weighted by Gasteiger charge is 2.30. The summed E-state index contributed by atoms with van der Waals surface area (Å²) in [4.78, 5) is 6.95. The number of halogens is 1. The molecule has 2 aromatic rings. The van der Waals surface area contributed by atoms with Gasteiger partial charge in [0.15, 0.2) is 5.96 Å². The fourth-order valence-electron chi connectivity index (χ4n) is 4.14. The van der Waals surface area contributed by atoms with Crippen molar-refractivity contribution in [2.45, 2.75) is 45.6 Å². The molecule has 1 aliphatic heterocycles. The molecule has 6 nitrogen and oxygen atoms in total. The summed E-state index contributed by atoms with van der Waals surface area (Å²) < 4.78 is 2.11. The quantitative estimate of drug-likeness (QED) is 0.378. The van der Waals surface area contributed by atoms with E-state index in [4.69, 9.17) is 0 Å². The lowest BCUT2D eigenvalue weighted by molar-refractivity contribution is 0.215. The number of hydrogen-bond acceptors (Lipinski definition) is 3. The summed E-state index contributed by atoms with van der Waals surface area (Å²) in [6, 6.07) is 11.0. The van der Waals surface area contributed by atoms with Crippen LogP contribution in [0.2, 0.25) is 0 Å². The first-order valence-electron chi connectivity index (χ1n) is 10.1. The molecular weight excluding hydrogens is 463 g/mol. The molecule has 0 amide bonds. The van der Waals surface area contributed by atoms with Gasteiger partial charge in [-0.15, -0.1) is 34.2 Å². The largest absolute Gasteiger partial charge is 0.354 e. The van der Waals surface area contributed by atoms with Crippen LogP contribution in [0.3, 0.4) is 0 Å². The third-order valence-corrected chi connectivity index (χ3v) is 5.65. The molecule has 28 heavy (non-hydrogen) atoms. The zero-order chi connectivity index (χ0) is 19.1. The summed E-state index contributed by atoms with van der Waals surface area (Å²) in [7, 11) is 1.88. The molecule has 0 aliphatic carbocycles. The van der Waals surface area contributed by atoms with Crippen molar-refractivity contribution in [2.24, 2.45) is 10.9 Å². The second-order valence-corrected chi connectivity index (χ2v) is 7.19. The highest BCUT2D eigenvalue weighted by Crippen LogP contribution is 2.34. The van der Waals surface area contributed by atoms with Gasteiger partial charge in [-0.25, -0.2) is 0 Å². The highest BCUT2D eigenvalue weighted by molar-refractivity contribution is 14.0. The Hall–Kier alpha value is -1.64. The molecule has 1 aromatic heterocycles. The Bertz CT molecular complexity index is 730. The summed E-state index contributed by atoms with van der Waals surface area (Å²) >= 11 is 0. The molecule has 0 bridgehead atoms. The number of likely N-dealkylation sites (tertiary alicyclic amines) is 1. The summed E-state index contributed by atoms with van der Waals surface area (Å²) in [5.41, 5.74) is 1.48. The van der Waals surface area contributed by atoms with E-state index in [2.05, 4.69) is 74.2 Å². The van der Waals surface area contributed by atoms with Crippen LogP contribution >= 0.6 is 24.0 Å². The molecule has 1 fully saturated rings. The van der Waals surface area contributed by atoms with E-state index in [9.17, 15) is 0 Å². The van der Waals surface area contributed by atoms with E-state index in [1.807, 2.05) is 13.4 Å². The van der Waals surface area contributed by atoms with Crippen LogP contribution in [0.25, 0.3) is 0 Å². The molecule has 0 saturated carbocycles. The van der Waals surface area contributed by atoms with Crippen LogP contribution in [0, 0.1) is 5.92 Å². The van der Waals surface area contributed by atoms with E-state index in [0.717, 1.165) is 44.4 Å². The van der Waals surface area contributed by atoms with Crippen molar-refractivity contribution in [1.82, 2.24) is 25.0 Å². The Balaban J connectivity index is 0.00000280. The van der Waals surface area contributed by atoms with Gasteiger partial charge in [-0.05, 0) is 23.8 Å². The molecule has 0 spiro atoms. The van der Waals surface area contributed by atoms with E-state index in [1.54, 1.807) is 0 Å².